The summed E-state index contributed by atoms with van der Waals surface area (Å²) in [6.07, 6.45) is 3.76. The van der Waals surface area contributed by atoms with Crippen LogP contribution in [0.25, 0.3) is 0 Å². The Morgan fingerprint density at radius 1 is 1.17 bits per heavy atom. The first-order chi connectivity index (χ1) is 13.9. The van der Waals surface area contributed by atoms with Crippen LogP contribution in [0, 0.1) is 5.92 Å². The molecule has 1 saturated heterocycles. The van der Waals surface area contributed by atoms with E-state index in [1.54, 1.807) is 6.26 Å². The molecule has 2 unspecified atom stereocenters. The Bertz CT molecular complexity index is 695. The predicted molar refractivity (Wildman–Crippen MR) is 126 cm³/mol. The van der Waals surface area contributed by atoms with Gasteiger partial charge >= 0.3 is 0 Å². The highest BCUT2D eigenvalue weighted by Crippen LogP contribution is 2.34. The van der Waals surface area contributed by atoms with Crippen molar-refractivity contribution in [2.24, 2.45) is 10.9 Å². The van der Waals surface area contributed by atoms with Crippen molar-refractivity contribution in [1.82, 2.24) is 10.6 Å². The number of guanidine groups is 1. The van der Waals surface area contributed by atoms with Crippen molar-refractivity contribution in [1.29, 1.82) is 0 Å². The van der Waals surface area contributed by atoms with Crippen molar-refractivity contribution in [3.8, 4) is 0 Å². The van der Waals surface area contributed by atoms with Gasteiger partial charge in [0.25, 0.3) is 0 Å². The lowest BCUT2D eigenvalue weighted by atomic mass is 9.95. The van der Waals surface area contributed by atoms with Gasteiger partial charge in [0.1, 0.15) is 12.4 Å². The monoisotopic (exact) mass is 513 g/mol. The van der Waals surface area contributed by atoms with Gasteiger partial charge in [-0.1, -0.05) is 30.3 Å². The fourth-order valence-corrected chi connectivity index (χ4v) is 3.33. The van der Waals surface area contributed by atoms with E-state index < -0.39 is 0 Å². The summed E-state index contributed by atoms with van der Waals surface area (Å²) in [6, 6.07) is 14.2. The SMILES string of the molecule is CCNC(=NCC1CCOC1c1ccccc1)NCCCOCc1ccco1.I. The van der Waals surface area contributed by atoms with Gasteiger partial charge in [0.05, 0.1) is 12.4 Å². The molecule has 0 amide bonds. The van der Waals surface area contributed by atoms with Gasteiger partial charge in [-0.05, 0) is 37.5 Å². The van der Waals surface area contributed by atoms with Crippen molar-refractivity contribution < 1.29 is 13.9 Å². The van der Waals surface area contributed by atoms with Gasteiger partial charge in [0.15, 0.2) is 5.96 Å². The molecule has 0 bridgehead atoms. The standard InChI is InChI=1S/C22H31N3O3.HI/c1-2-23-22(24-12-7-13-26-17-20-10-6-14-27-20)25-16-19-11-15-28-21(19)18-8-4-3-5-9-18;/h3-6,8-10,14,19,21H,2,7,11-13,15-17H2,1H3,(H2,23,24,25);1H. The normalized spacial score (nSPS) is 19.0. The van der Waals surface area contributed by atoms with Gasteiger partial charge < -0.3 is 24.5 Å². The summed E-state index contributed by atoms with van der Waals surface area (Å²) in [6.45, 7) is 6.48. The summed E-state index contributed by atoms with van der Waals surface area (Å²) < 4.78 is 16.8. The lowest BCUT2D eigenvalue weighted by Crippen LogP contribution is -2.38. The molecule has 2 atom stereocenters. The smallest absolute Gasteiger partial charge is 0.191 e. The zero-order chi connectivity index (χ0) is 19.4. The molecule has 0 aliphatic carbocycles. The van der Waals surface area contributed by atoms with Gasteiger partial charge in [-0.2, -0.15) is 0 Å². The number of ether oxygens (including phenoxy) is 2. The van der Waals surface area contributed by atoms with Gasteiger partial charge in [0.2, 0.25) is 0 Å². The summed E-state index contributed by atoms with van der Waals surface area (Å²) >= 11 is 0. The van der Waals surface area contributed by atoms with E-state index in [-0.39, 0.29) is 30.1 Å². The van der Waals surface area contributed by atoms with Crippen molar-refractivity contribution >= 4 is 29.9 Å². The number of rotatable bonds is 10. The summed E-state index contributed by atoms with van der Waals surface area (Å²) in [7, 11) is 0. The molecule has 1 aliphatic heterocycles. The van der Waals surface area contributed by atoms with Gasteiger partial charge in [-0.15, -0.1) is 24.0 Å². The van der Waals surface area contributed by atoms with Crippen LogP contribution in [0.2, 0.25) is 0 Å². The molecule has 160 valence electrons. The zero-order valence-corrected chi connectivity index (χ0v) is 19.3. The summed E-state index contributed by atoms with van der Waals surface area (Å²) in [5, 5.41) is 6.70. The Morgan fingerprint density at radius 2 is 2.03 bits per heavy atom. The number of nitrogens with one attached hydrogen (secondary N) is 2. The van der Waals surface area contributed by atoms with Crippen LogP contribution in [0.4, 0.5) is 0 Å². The minimum Gasteiger partial charge on any atom is -0.467 e. The third kappa shape index (κ3) is 7.98. The average Bonchev–Trinajstić information content (AvgIpc) is 3.41. The van der Waals surface area contributed by atoms with Crippen molar-refractivity contribution in [2.45, 2.75) is 32.5 Å². The van der Waals surface area contributed by atoms with E-state index in [0.717, 1.165) is 50.8 Å². The second-order valence-electron chi connectivity index (χ2n) is 6.88. The molecule has 1 aliphatic rings. The molecule has 6 nitrogen and oxygen atoms in total. The molecule has 0 saturated carbocycles. The van der Waals surface area contributed by atoms with Crippen LogP contribution in [0.1, 0.15) is 37.2 Å². The van der Waals surface area contributed by atoms with Crippen LogP contribution >= 0.6 is 24.0 Å². The van der Waals surface area contributed by atoms with Crippen LogP contribution < -0.4 is 10.6 Å². The summed E-state index contributed by atoms with van der Waals surface area (Å²) in [4.78, 5) is 4.79. The molecule has 2 aromatic rings. The average molecular weight is 513 g/mol. The number of furan rings is 1. The minimum absolute atomic E-state index is 0. The Labute approximate surface area is 190 Å². The number of hydrogen-bond acceptors (Lipinski definition) is 4. The molecule has 2 heterocycles. The number of aliphatic imine (C=N–C) groups is 1. The van der Waals surface area contributed by atoms with Crippen LogP contribution in [0.15, 0.2) is 58.1 Å². The quantitative estimate of drug-likeness (QED) is 0.217. The van der Waals surface area contributed by atoms with Crippen LogP contribution in [0.5, 0.6) is 0 Å². The lowest BCUT2D eigenvalue weighted by Gasteiger charge is -2.18. The minimum atomic E-state index is 0. The Kier molecular flexibility index (Phi) is 11.1. The van der Waals surface area contributed by atoms with Crippen molar-refractivity contribution in [3.05, 3.63) is 60.1 Å². The zero-order valence-electron chi connectivity index (χ0n) is 17.0. The Hall–Kier alpha value is -1.58. The number of hydrogen-bond donors (Lipinski definition) is 2. The topological polar surface area (TPSA) is 68.0 Å². The molecule has 29 heavy (non-hydrogen) atoms. The maximum atomic E-state index is 5.97. The number of benzene rings is 1. The first kappa shape index (κ1) is 23.7. The van der Waals surface area contributed by atoms with Gasteiger partial charge in [0, 0.05) is 38.8 Å². The molecular formula is C22H32IN3O3. The molecule has 1 aromatic carbocycles. The van der Waals surface area contributed by atoms with E-state index in [0.29, 0.717) is 19.1 Å². The first-order valence-corrected chi connectivity index (χ1v) is 10.2. The van der Waals surface area contributed by atoms with E-state index in [1.807, 2.05) is 18.2 Å². The third-order valence-electron chi connectivity index (χ3n) is 4.75. The molecular weight excluding hydrogens is 481 g/mol. The maximum Gasteiger partial charge on any atom is 0.191 e. The summed E-state index contributed by atoms with van der Waals surface area (Å²) in [5.41, 5.74) is 1.24. The van der Waals surface area contributed by atoms with E-state index in [9.17, 15) is 0 Å². The van der Waals surface area contributed by atoms with Crippen LogP contribution in [-0.2, 0) is 16.1 Å². The maximum absolute atomic E-state index is 5.97. The third-order valence-corrected chi connectivity index (χ3v) is 4.75. The van der Waals surface area contributed by atoms with E-state index >= 15 is 0 Å². The first-order valence-electron chi connectivity index (χ1n) is 10.2. The predicted octanol–water partition coefficient (Wildman–Crippen LogP) is 4.14. The van der Waals surface area contributed by atoms with E-state index in [4.69, 9.17) is 18.9 Å². The van der Waals surface area contributed by atoms with Crippen LogP contribution in [0.3, 0.4) is 0 Å². The molecule has 2 N–H and O–H groups in total. The molecule has 1 fully saturated rings. The second kappa shape index (κ2) is 13.6. The number of nitrogens with zero attached hydrogens (tertiary/aromatic N) is 1. The van der Waals surface area contributed by atoms with Gasteiger partial charge in [-0.25, -0.2) is 0 Å². The fraction of sp³-hybridized carbons (Fsp3) is 0.500. The highest BCUT2D eigenvalue weighted by atomic mass is 127. The molecule has 0 radical (unpaired) electrons. The Morgan fingerprint density at radius 3 is 2.79 bits per heavy atom. The van der Waals surface area contributed by atoms with Crippen molar-refractivity contribution in [3.63, 3.8) is 0 Å². The molecule has 3 rings (SSSR count). The molecule has 7 heteroatoms. The van der Waals surface area contributed by atoms with Crippen LogP contribution in [-0.4, -0.2) is 38.8 Å². The van der Waals surface area contributed by atoms with E-state index in [2.05, 4.69) is 41.8 Å². The molecule has 0 spiro atoms. The fourth-order valence-electron chi connectivity index (χ4n) is 3.33. The second-order valence-corrected chi connectivity index (χ2v) is 6.88. The Balaban J connectivity index is 0.00000300. The van der Waals surface area contributed by atoms with Crippen molar-refractivity contribution in [2.75, 3.05) is 32.8 Å². The number of halogens is 1. The van der Waals surface area contributed by atoms with E-state index in [1.165, 1.54) is 5.56 Å². The highest BCUT2D eigenvalue weighted by Gasteiger charge is 2.29. The molecule has 1 aromatic heterocycles. The summed E-state index contributed by atoms with van der Waals surface area (Å²) in [5.74, 6) is 2.12. The highest BCUT2D eigenvalue weighted by molar-refractivity contribution is 14.0. The largest absolute Gasteiger partial charge is 0.467 e. The van der Waals surface area contributed by atoms with Gasteiger partial charge in [-0.3, -0.25) is 4.99 Å². The lowest BCUT2D eigenvalue weighted by molar-refractivity contribution is 0.0925.